The van der Waals surface area contributed by atoms with Crippen molar-refractivity contribution in [3.05, 3.63) is 35.2 Å². The first kappa shape index (κ1) is 18.9. The van der Waals surface area contributed by atoms with Crippen LogP contribution in [0.3, 0.4) is 0 Å². The summed E-state index contributed by atoms with van der Waals surface area (Å²) in [5.41, 5.74) is 1.67. The van der Waals surface area contributed by atoms with E-state index < -0.39 is 15.9 Å². The van der Waals surface area contributed by atoms with Crippen LogP contribution in [0.25, 0.3) is 0 Å². The molecule has 1 aromatic heterocycles. The van der Waals surface area contributed by atoms with E-state index in [4.69, 9.17) is 9.26 Å². The van der Waals surface area contributed by atoms with E-state index in [1.54, 1.807) is 12.1 Å². The normalized spacial score (nSPS) is 11.6. The number of aromatic nitrogens is 1. The van der Waals surface area contributed by atoms with Crippen LogP contribution in [0.15, 0.2) is 27.6 Å². The second-order valence-corrected chi connectivity index (χ2v) is 7.65. The lowest BCUT2D eigenvalue weighted by atomic mass is 10.2. The van der Waals surface area contributed by atoms with E-state index >= 15 is 0 Å². The Kier molecular flexibility index (Phi) is 5.48. The van der Waals surface area contributed by atoms with E-state index in [-0.39, 0.29) is 22.9 Å². The maximum atomic E-state index is 12.6. The van der Waals surface area contributed by atoms with E-state index in [0.717, 1.165) is 9.87 Å². The quantitative estimate of drug-likeness (QED) is 0.836. The number of methoxy groups -OCH3 is 1. The first-order valence-electron chi connectivity index (χ1n) is 7.50. The van der Waals surface area contributed by atoms with E-state index in [1.807, 2.05) is 13.0 Å². The molecule has 0 radical (unpaired) electrons. The van der Waals surface area contributed by atoms with Gasteiger partial charge in [-0.25, -0.2) is 8.42 Å². The van der Waals surface area contributed by atoms with Crippen molar-refractivity contribution in [2.75, 3.05) is 26.0 Å². The lowest BCUT2D eigenvalue weighted by molar-refractivity contribution is -0.116. The second-order valence-electron chi connectivity index (χ2n) is 5.67. The van der Waals surface area contributed by atoms with Crippen molar-refractivity contribution in [1.29, 1.82) is 0 Å². The average Bonchev–Trinajstić information content (AvgIpc) is 2.86. The number of nitrogens with one attached hydrogen (secondary N) is 1. The van der Waals surface area contributed by atoms with Gasteiger partial charge in [0, 0.05) is 7.05 Å². The molecular weight excluding hydrogens is 346 g/mol. The molecule has 0 bridgehead atoms. The van der Waals surface area contributed by atoms with Crippen molar-refractivity contribution in [2.24, 2.45) is 0 Å². The zero-order valence-corrected chi connectivity index (χ0v) is 15.6. The minimum Gasteiger partial charge on any atom is -0.495 e. The molecule has 136 valence electrons. The second kappa shape index (κ2) is 7.24. The molecule has 9 heteroatoms. The van der Waals surface area contributed by atoms with Crippen LogP contribution in [0.1, 0.15) is 17.0 Å². The predicted molar refractivity (Wildman–Crippen MR) is 92.2 cm³/mol. The van der Waals surface area contributed by atoms with Crippen LogP contribution in [-0.2, 0) is 14.8 Å². The number of hydrogen-bond donors (Lipinski definition) is 1. The fraction of sp³-hybridized carbons (Fsp3) is 0.375. The number of amides is 1. The van der Waals surface area contributed by atoms with Crippen molar-refractivity contribution in [2.45, 2.75) is 25.7 Å². The van der Waals surface area contributed by atoms with E-state index in [0.29, 0.717) is 11.4 Å². The zero-order valence-electron chi connectivity index (χ0n) is 14.8. The van der Waals surface area contributed by atoms with Gasteiger partial charge in [0.25, 0.3) is 0 Å². The molecule has 0 saturated carbocycles. The molecular formula is C16H21N3O5S. The Morgan fingerprint density at radius 2 is 2.00 bits per heavy atom. The van der Waals surface area contributed by atoms with Gasteiger partial charge in [0.05, 0.1) is 19.3 Å². The number of hydrogen-bond acceptors (Lipinski definition) is 6. The number of nitrogens with zero attached hydrogens (tertiary/aromatic N) is 2. The summed E-state index contributed by atoms with van der Waals surface area (Å²) < 4.78 is 36.3. The molecule has 0 spiro atoms. The van der Waals surface area contributed by atoms with Gasteiger partial charge in [-0.05, 0) is 38.5 Å². The molecule has 25 heavy (non-hydrogen) atoms. The number of aryl methyl sites for hydroxylation is 3. The molecule has 2 aromatic rings. The molecule has 0 aliphatic heterocycles. The third kappa shape index (κ3) is 3.99. The topological polar surface area (TPSA) is 102 Å². The number of benzene rings is 1. The molecule has 0 fully saturated rings. The predicted octanol–water partition coefficient (Wildman–Crippen LogP) is 1.87. The highest BCUT2D eigenvalue weighted by Crippen LogP contribution is 2.26. The summed E-state index contributed by atoms with van der Waals surface area (Å²) in [7, 11) is -1.06. The fourth-order valence-corrected chi connectivity index (χ4v) is 3.81. The van der Waals surface area contributed by atoms with Gasteiger partial charge in [0.15, 0.2) is 5.76 Å². The summed E-state index contributed by atoms with van der Waals surface area (Å²) in [6.45, 7) is 4.57. The van der Waals surface area contributed by atoms with Crippen molar-refractivity contribution in [1.82, 2.24) is 9.46 Å². The molecule has 8 nitrogen and oxygen atoms in total. The lowest BCUT2D eigenvalue weighted by Crippen LogP contribution is -2.35. The molecule has 0 aliphatic carbocycles. The molecule has 0 atom stereocenters. The molecule has 1 aromatic carbocycles. The lowest BCUT2D eigenvalue weighted by Gasteiger charge is -2.17. The monoisotopic (exact) mass is 367 g/mol. The summed E-state index contributed by atoms with van der Waals surface area (Å²) >= 11 is 0. The summed E-state index contributed by atoms with van der Waals surface area (Å²) in [6.07, 6.45) is 0. The number of sulfonamides is 1. The van der Waals surface area contributed by atoms with Crippen molar-refractivity contribution in [3.63, 3.8) is 0 Å². The number of carbonyl (C=O) groups is 1. The Bertz CT molecular complexity index is 870. The summed E-state index contributed by atoms with van der Waals surface area (Å²) in [4.78, 5) is 12.3. The van der Waals surface area contributed by atoms with E-state index in [1.165, 1.54) is 28.0 Å². The summed E-state index contributed by atoms with van der Waals surface area (Å²) in [5, 5.41) is 6.32. The SMILES string of the molecule is COc1ccc(C)cc1NC(=O)CN(C)S(=O)(=O)c1c(C)noc1C. The molecule has 0 unspecified atom stereocenters. The maximum absolute atomic E-state index is 12.6. The van der Waals surface area contributed by atoms with Crippen molar-refractivity contribution >= 4 is 21.6 Å². The third-order valence-corrected chi connectivity index (χ3v) is 5.68. The molecule has 1 N–H and O–H groups in total. The summed E-state index contributed by atoms with van der Waals surface area (Å²) in [6, 6.07) is 5.33. The Morgan fingerprint density at radius 1 is 1.32 bits per heavy atom. The standard InChI is InChI=1S/C16H21N3O5S/c1-10-6-7-14(23-5)13(8-10)17-15(20)9-19(4)25(21,22)16-11(2)18-24-12(16)3/h6-8H,9H2,1-5H3,(H,17,20). The van der Waals surface area contributed by atoms with Gasteiger partial charge >= 0.3 is 0 Å². The van der Waals surface area contributed by atoms with Crippen LogP contribution in [0, 0.1) is 20.8 Å². The third-order valence-electron chi connectivity index (χ3n) is 3.63. The van der Waals surface area contributed by atoms with Crippen LogP contribution < -0.4 is 10.1 Å². The number of ether oxygens (including phenoxy) is 1. The van der Waals surface area contributed by atoms with Gasteiger partial charge < -0.3 is 14.6 Å². The van der Waals surface area contributed by atoms with E-state index in [2.05, 4.69) is 10.5 Å². The summed E-state index contributed by atoms with van der Waals surface area (Å²) in [5.74, 6) is 0.196. The Hall–Kier alpha value is -2.39. The van der Waals surface area contributed by atoms with Gasteiger partial charge in [-0.1, -0.05) is 11.2 Å². The van der Waals surface area contributed by atoms with Crippen LogP contribution in [0.5, 0.6) is 5.75 Å². The van der Waals surface area contributed by atoms with Gasteiger partial charge in [-0.2, -0.15) is 4.31 Å². The van der Waals surface area contributed by atoms with Gasteiger partial charge in [0.2, 0.25) is 15.9 Å². The minimum absolute atomic E-state index is 0.0177. The smallest absolute Gasteiger partial charge is 0.248 e. The average molecular weight is 367 g/mol. The largest absolute Gasteiger partial charge is 0.495 e. The van der Waals surface area contributed by atoms with Crippen molar-refractivity contribution < 1.29 is 22.5 Å². The minimum atomic E-state index is -3.88. The first-order chi connectivity index (χ1) is 11.7. The van der Waals surface area contributed by atoms with Gasteiger partial charge in [-0.3, -0.25) is 4.79 Å². The highest BCUT2D eigenvalue weighted by molar-refractivity contribution is 7.89. The number of carbonyl (C=O) groups excluding carboxylic acids is 1. The highest BCUT2D eigenvalue weighted by atomic mass is 32.2. The Morgan fingerprint density at radius 3 is 2.56 bits per heavy atom. The Labute approximate surface area is 146 Å². The van der Waals surface area contributed by atoms with Crippen molar-refractivity contribution in [3.8, 4) is 5.75 Å². The molecule has 0 aliphatic rings. The fourth-order valence-electron chi connectivity index (χ4n) is 2.40. The van der Waals surface area contributed by atoms with Gasteiger partial charge in [0.1, 0.15) is 16.3 Å². The van der Waals surface area contributed by atoms with Crippen LogP contribution >= 0.6 is 0 Å². The molecule has 0 saturated heterocycles. The molecule has 1 amide bonds. The zero-order chi connectivity index (χ0) is 18.8. The van der Waals surface area contributed by atoms with Crippen LogP contribution in [0.2, 0.25) is 0 Å². The molecule has 1 heterocycles. The number of anilines is 1. The highest BCUT2D eigenvalue weighted by Gasteiger charge is 2.29. The van der Waals surface area contributed by atoms with Gasteiger partial charge in [-0.15, -0.1) is 0 Å². The number of likely N-dealkylation sites (N-methyl/N-ethyl adjacent to an activating group) is 1. The van der Waals surface area contributed by atoms with Crippen LogP contribution in [-0.4, -0.2) is 44.5 Å². The molecule has 2 rings (SSSR count). The Balaban J connectivity index is 2.17. The first-order valence-corrected chi connectivity index (χ1v) is 8.94. The van der Waals surface area contributed by atoms with Crippen LogP contribution in [0.4, 0.5) is 5.69 Å². The number of rotatable bonds is 6. The van der Waals surface area contributed by atoms with E-state index in [9.17, 15) is 13.2 Å². The maximum Gasteiger partial charge on any atom is 0.248 e.